The molecule has 2 N–H and O–H groups in total. The molecule has 0 unspecified atom stereocenters. The van der Waals surface area contributed by atoms with Crippen LogP contribution in [0, 0.1) is 10.6 Å². The van der Waals surface area contributed by atoms with Crippen LogP contribution in [0.3, 0.4) is 0 Å². The van der Waals surface area contributed by atoms with Gasteiger partial charge in [0.05, 0.1) is 17.1 Å². The molecule has 7 heteroatoms. The number of nitrogens with zero attached hydrogens (tertiary/aromatic N) is 2. The molecule has 0 aliphatic carbocycles. The van der Waals surface area contributed by atoms with E-state index >= 15 is 0 Å². The minimum absolute atomic E-state index is 0.00466. The highest BCUT2D eigenvalue weighted by Gasteiger charge is 2.23. The van der Waals surface area contributed by atoms with Crippen LogP contribution >= 0.6 is 12.2 Å². The maximum absolute atomic E-state index is 13.4. The van der Waals surface area contributed by atoms with Gasteiger partial charge < -0.3 is 5.11 Å². The molecular formula is C25H16FN3O2S. The molecule has 0 saturated carbocycles. The molecule has 3 aromatic carbocycles. The third-order valence-corrected chi connectivity index (χ3v) is 5.51. The van der Waals surface area contributed by atoms with E-state index in [1.807, 2.05) is 54.6 Å². The van der Waals surface area contributed by atoms with E-state index in [0.29, 0.717) is 17.0 Å². The van der Waals surface area contributed by atoms with Gasteiger partial charge >= 0.3 is 0 Å². The maximum atomic E-state index is 13.4. The second-order valence-corrected chi connectivity index (χ2v) is 7.60. The first-order valence-corrected chi connectivity index (χ1v) is 10.2. The van der Waals surface area contributed by atoms with Crippen molar-refractivity contribution >= 4 is 35.3 Å². The van der Waals surface area contributed by atoms with Crippen LogP contribution in [0.25, 0.3) is 17.3 Å². The Kier molecular flexibility index (Phi) is 4.88. The molecule has 0 saturated heterocycles. The molecule has 32 heavy (non-hydrogen) atoms. The van der Waals surface area contributed by atoms with Crippen molar-refractivity contribution < 1.29 is 9.50 Å². The summed E-state index contributed by atoms with van der Waals surface area (Å²) in [6.45, 7) is 0. The highest BCUT2D eigenvalue weighted by molar-refractivity contribution is 7.71. The molecule has 0 fully saturated rings. The second kappa shape index (κ2) is 7.86. The van der Waals surface area contributed by atoms with E-state index in [9.17, 15) is 14.3 Å². The van der Waals surface area contributed by atoms with Gasteiger partial charge in [0.15, 0.2) is 4.77 Å². The summed E-state index contributed by atoms with van der Waals surface area (Å²) in [6, 6.07) is 22.7. The van der Waals surface area contributed by atoms with Crippen molar-refractivity contribution in [3.8, 4) is 11.6 Å². The van der Waals surface area contributed by atoms with Gasteiger partial charge in [-0.05, 0) is 48.6 Å². The van der Waals surface area contributed by atoms with E-state index in [2.05, 4.69) is 4.98 Å². The van der Waals surface area contributed by atoms with Crippen molar-refractivity contribution in [2.24, 2.45) is 4.99 Å². The molecule has 0 bridgehead atoms. The zero-order chi connectivity index (χ0) is 22.2. The average Bonchev–Trinajstić information content (AvgIpc) is 3.17. The highest BCUT2D eigenvalue weighted by Crippen LogP contribution is 2.38. The summed E-state index contributed by atoms with van der Waals surface area (Å²) in [4.78, 5) is 20.2. The Hall–Kier alpha value is -4.10. The van der Waals surface area contributed by atoms with Gasteiger partial charge in [-0.1, -0.05) is 48.5 Å². The van der Waals surface area contributed by atoms with E-state index < -0.39 is 11.4 Å². The van der Waals surface area contributed by atoms with E-state index in [1.54, 1.807) is 6.08 Å². The quantitative estimate of drug-likeness (QED) is 0.418. The first kappa shape index (κ1) is 19.8. The van der Waals surface area contributed by atoms with Crippen molar-refractivity contribution in [2.75, 3.05) is 0 Å². The summed E-state index contributed by atoms with van der Waals surface area (Å²) in [5.41, 5.74) is 3.83. The Labute approximate surface area is 187 Å². The van der Waals surface area contributed by atoms with Gasteiger partial charge in [-0.2, -0.15) is 0 Å². The van der Waals surface area contributed by atoms with Crippen molar-refractivity contribution in [3.63, 3.8) is 0 Å². The predicted molar refractivity (Wildman–Crippen MR) is 126 cm³/mol. The van der Waals surface area contributed by atoms with Gasteiger partial charge in [0.2, 0.25) is 5.88 Å². The number of fused-ring (bicyclic) bond motifs is 1. The minimum atomic E-state index is -0.532. The van der Waals surface area contributed by atoms with E-state index in [4.69, 9.17) is 17.2 Å². The van der Waals surface area contributed by atoms with Crippen LogP contribution in [0.4, 0.5) is 10.1 Å². The molecule has 0 spiro atoms. The van der Waals surface area contributed by atoms with E-state index in [1.165, 1.54) is 28.8 Å². The Morgan fingerprint density at radius 3 is 2.41 bits per heavy atom. The number of aromatic amines is 1. The van der Waals surface area contributed by atoms with Gasteiger partial charge in [0.1, 0.15) is 11.4 Å². The fourth-order valence-electron chi connectivity index (χ4n) is 3.71. The summed E-state index contributed by atoms with van der Waals surface area (Å²) in [5.74, 6) is -0.757. The van der Waals surface area contributed by atoms with Crippen LogP contribution in [0.2, 0.25) is 0 Å². The zero-order valence-electron chi connectivity index (χ0n) is 16.6. The van der Waals surface area contributed by atoms with Gasteiger partial charge in [-0.25, -0.2) is 9.38 Å². The number of aromatic nitrogens is 2. The lowest BCUT2D eigenvalue weighted by atomic mass is 9.96. The first-order valence-electron chi connectivity index (χ1n) is 9.83. The number of aliphatic imine (C=N–C) groups is 1. The number of para-hydroxylation sites is 1. The number of rotatable bonds is 3. The summed E-state index contributed by atoms with van der Waals surface area (Å²) in [7, 11) is 0. The monoisotopic (exact) mass is 441 g/mol. The summed E-state index contributed by atoms with van der Waals surface area (Å²) >= 11 is 5.26. The standard InChI is InChI=1S/C25H16FN3O2S/c26-16-10-12-17(13-11-16)29-24(31)20(23(30)28-25(29)32)14-19-18-8-4-5-9-21(18)27-22(19)15-6-2-1-3-7-15/h1-14,31H,(H,28,30,32)/b19-14-. The summed E-state index contributed by atoms with van der Waals surface area (Å²) in [5, 5.41) is 11.0. The lowest BCUT2D eigenvalue weighted by Crippen LogP contribution is -2.16. The molecule has 4 aromatic rings. The van der Waals surface area contributed by atoms with Gasteiger partial charge in [0.25, 0.3) is 5.56 Å². The molecule has 156 valence electrons. The lowest BCUT2D eigenvalue weighted by molar-refractivity contribution is 0.432. The maximum Gasteiger partial charge on any atom is 0.262 e. The average molecular weight is 441 g/mol. The molecule has 5 nitrogen and oxygen atoms in total. The van der Waals surface area contributed by atoms with Crippen molar-refractivity contribution in [2.45, 2.75) is 0 Å². The number of halogens is 1. The molecule has 0 amide bonds. The predicted octanol–water partition coefficient (Wildman–Crippen LogP) is 5.41. The molecule has 5 rings (SSSR count). The van der Waals surface area contributed by atoms with Crippen molar-refractivity contribution in [1.29, 1.82) is 0 Å². The largest absolute Gasteiger partial charge is 0.494 e. The van der Waals surface area contributed by atoms with Crippen LogP contribution in [0.15, 0.2) is 88.6 Å². The fraction of sp³-hybridized carbons (Fsp3) is 0. The molecule has 0 atom stereocenters. The number of hydrogen-bond donors (Lipinski definition) is 2. The fourth-order valence-corrected chi connectivity index (χ4v) is 4.00. The third-order valence-electron chi connectivity index (χ3n) is 5.22. The van der Waals surface area contributed by atoms with Crippen LogP contribution in [-0.4, -0.2) is 20.4 Å². The first-order chi connectivity index (χ1) is 15.5. The van der Waals surface area contributed by atoms with Crippen molar-refractivity contribution in [3.05, 3.63) is 116 Å². The van der Waals surface area contributed by atoms with Gasteiger partial charge in [-0.15, -0.1) is 0 Å². The molecule has 1 aliphatic rings. The Morgan fingerprint density at radius 2 is 1.66 bits per heavy atom. The van der Waals surface area contributed by atoms with Crippen LogP contribution < -0.4 is 5.56 Å². The highest BCUT2D eigenvalue weighted by atomic mass is 32.1. The van der Waals surface area contributed by atoms with Crippen LogP contribution in [-0.2, 0) is 0 Å². The Balaban J connectivity index is 1.74. The molecule has 1 aliphatic heterocycles. The van der Waals surface area contributed by atoms with Crippen molar-refractivity contribution in [1.82, 2.24) is 9.55 Å². The number of benzene rings is 3. The summed E-state index contributed by atoms with van der Waals surface area (Å²) in [6.07, 6.45) is 1.61. The van der Waals surface area contributed by atoms with E-state index in [0.717, 1.165) is 16.8 Å². The SMILES string of the molecule is O=c1[nH]c(=S)n(-c2ccc(F)cc2)c(O)c1/C=C1\C(c2ccccc2)=Nc2ccccc21. The lowest BCUT2D eigenvalue weighted by Gasteiger charge is -2.12. The van der Waals surface area contributed by atoms with Crippen LogP contribution in [0.1, 0.15) is 16.7 Å². The number of hydrogen-bond acceptors (Lipinski definition) is 4. The third kappa shape index (κ3) is 3.38. The zero-order valence-corrected chi connectivity index (χ0v) is 17.4. The molecule has 0 radical (unpaired) electrons. The molecule has 1 aromatic heterocycles. The molecule has 2 heterocycles. The van der Waals surface area contributed by atoms with Crippen LogP contribution in [0.5, 0.6) is 5.88 Å². The Morgan fingerprint density at radius 1 is 0.969 bits per heavy atom. The smallest absolute Gasteiger partial charge is 0.262 e. The number of H-pyrrole nitrogens is 1. The molecular weight excluding hydrogens is 425 g/mol. The summed E-state index contributed by atoms with van der Waals surface area (Å²) < 4.78 is 14.7. The number of allylic oxidation sites excluding steroid dienone is 1. The minimum Gasteiger partial charge on any atom is -0.494 e. The number of aromatic hydroxyl groups is 1. The van der Waals surface area contributed by atoms with Gasteiger partial charge in [0, 0.05) is 16.7 Å². The van der Waals surface area contributed by atoms with Gasteiger partial charge in [-0.3, -0.25) is 14.3 Å². The normalized spacial score (nSPS) is 13.8. The second-order valence-electron chi connectivity index (χ2n) is 7.21. The van der Waals surface area contributed by atoms with E-state index in [-0.39, 0.29) is 16.2 Å². The Bertz CT molecular complexity index is 1520. The topological polar surface area (TPSA) is 70.4 Å². The number of nitrogens with one attached hydrogen (secondary N) is 1.